The van der Waals surface area contributed by atoms with Gasteiger partial charge in [-0.2, -0.15) is 0 Å². The number of rotatable bonds is 8. The highest BCUT2D eigenvalue weighted by Gasteiger charge is 2.31. The first-order valence-electron chi connectivity index (χ1n) is 12.2. The van der Waals surface area contributed by atoms with E-state index in [4.69, 9.17) is 4.74 Å². The third-order valence-electron chi connectivity index (χ3n) is 6.98. The van der Waals surface area contributed by atoms with E-state index < -0.39 is 0 Å². The lowest BCUT2D eigenvalue weighted by molar-refractivity contribution is -0.133. The van der Waals surface area contributed by atoms with Crippen LogP contribution < -0.4 is 5.56 Å². The summed E-state index contributed by atoms with van der Waals surface area (Å²) >= 11 is 0. The summed E-state index contributed by atoms with van der Waals surface area (Å²) in [4.78, 5) is 54.1. The number of carbonyl (C=O) groups is 2. The topological polar surface area (TPSA) is 108 Å². The molecule has 4 heterocycles. The van der Waals surface area contributed by atoms with Crippen molar-refractivity contribution in [3.05, 3.63) is 57.5 Å². The fraction of sp³-hybridized carbons (Fsp3) is 0.560. The van der Waals surface area contributed by atoms with Crippen molar-refractivity contribution in [1.29, 1.82) is 0 Å². The van der Waals surface area contributed by atoms with Crippen LogP contribution in [0.4, 0.5) is 0 Å². The fourth-order valence-electron chi connectivity index (χ4n) is 4.78. The van der Waals surface area contributed by atoms with Gasteiger partial charge in [0.1, 0.15) is 11.5 Å². The Bertz CT molecular complexity index is 1090. The quantitative estimate of drug-likeness (QED) is 0.590. The van der Waals surface area contributed by atoms with Gasteiger partial charge in [-0.3, -0.25) is 24.3 Å². The molecule has 0 radical (unpaired) electrons. The molecule has 1 N–H and O–H groups in total. The number of amides is 1. The summed E-state index contributed by atoms with van der Waals surface area (Å²) < 4.78 is 5.37. The van der Waals surface area contributed by atoms with Gasteiger partial charge in [0.2, 0.25) is 5.91 Å². The number of Topliss-reactive ketones (excluding diaryl/α,β-unsaturated/α-hetero) is 1. The molecule has 2 aromatic rings. The molecule has 180 valence electrons. The van der Waals surface area contributed by atoms with Gasteiger partial charge in [-0.15, -0.1) is 0 Å². The van der Waals surface area contributed by atoms with Crippen molar-refractivity contribution >= 4 is 11.7 Å². The van der Waals surface area contributed by atoms with Crippen molar-refractivity contribution in [1.82, 2.24) is 24.8 Å². The maximum absolute atomic E-state index is 13.3. The number of nitrogens with one attached hydrogen (secondary N) is 1. The van der Waals surface area contributed by atoms with Gasteiger partial charge in [-0.25, -0.2) is 4.98 Å². The van der Waals surface area contributed by atoms with E-state index in [2.05, 4.69) is 19.9 Å². The number of hydrogen-bond donors (Lipinski definition) is 1. The second-order valence-electron chi connectivity index (χ2n) is 9.59. The molecule has 2 fully saturated rings. The van der Waals surface area contributed by atoms with Crippen LogP contribution >= 0.6 is 0 Å². The van der Waals surface area contributed by atoms with Crippen LogP contribution in [-0.2, 0) is 29.1 Å². The minimum absolute atomic E-state index is 0.0439. The number of fused-ring (bicyclic) bond motifs is 1. The Morgan fingerprint density at radius 3 is 2.74 bits per heavy atom. The summed E-state index contributed by atoms with van der Waals surface area (Å²) in [5.74, 6) is 1.17. The van der Waals surface area contributed by atoms with Crippen LogP contribution in [0.2, 0.25) is 0 Å². The van der Waals surface area contributed by atoms with Crippen molar-refractivity contribution in [2.24, 2.45) is 11.8 Å². The van der Waals surface area contributed by atoms with E-state index in [0.717, 1.165) is 31.4 Å². The van der Waals surface area contributed by atoms with Crippen LogP contribution in [0.15, 0.2) is 29.2 Å². The molecule has 9 heteroatoms. The third-order valence-corrected chi connectivity index (χ3v) is 6.98. The number of nitrogens with zero attached hydrogens (tertiary/aromatic N) is 4. The molecule has 2 aromatic heterocycles. The standard InChI is InChI=1S/C25H31N5O4/c31-23(15-29-10-6-18(7-11-29)24(32)21-3-1-2-9-26-21)30(13-17-4-5-17)14-22-27-20-8-12-34-16-19(20)25(33)28-22/h1-3,9,17-18H,4-8,10-16H2,(H,27,28,33). The minimum atomic E-state index is -0.168. The lowest BCUT2D eigenvalue weighted by Crippen LogP contribution is -2.45. The van der Waals surface area contributed by atoms with E-state index in [1.165, 1.54) is 0 Å². The maximum Gasteiger partial charge on any atom is 0.256 e. The summed E-state index contributed by atoms with van der Waals surface area (Å²) in [5, 5.41) is 0. The third kappa shape index (κ3) is 5.42. The first-order chi connectivity index (χ1) is 16.6. The summed E-state index contributed by atoms with van der Waals surface area (Å²) in [7, 11) is 0. The Labute approximate surface area is 198 Å². The van der Waals surface area contributed by atoms with Crippen molar-refractivity contribution in [3.63, 3.8) is 0 Å². The maximum atomic E-state index is 13.3. The number of likely N-dealkylation sites (tertiary alicyclic amines) is 1. The first kappa shape index (κ1) is 22.9. The molecule has 0 aromatic carbocycles. The van der Waals surface area contributed by atoms with Gasteiger partial charge in [0, 0.05) is 25.1 Å². The molecule has 2 aliphatic heterocycles. The van der Waals surface area contributed by atoms with Crippen LogP contribution in [-0.4, -0.2) is 69.2 Å². The van der Waals surface area contributed by atoms with E-state index in [0.29, 0.717) is 75.4 Å². The molecule has 3 aliphatic rings. The summed E-state index contributed by atoms with van der Waals surface area (Å²) in [5.41, 5.74) is 1.73. The second-order valence-corrected chi connectivity index (χ2v) is 9.59. The molecular weight excluding hydrogens is 434 g/mol. The number of hydrogen-bond acceptors (Lipinski definition) is 7. The monoisotopic (exact) mass is 465 g/mol. The Hall–Kier alpha value is -2.91. The Balaban J connectivity index is 1.19. The van der Waals surface area contributed by atoms with Crippen LogP contribution in [0.3, 0.4) is 0 Å². The average molecular weight is 466 g/mol. The molecule has 5 rings (SSSR count). The predicted molar refractivity (Wildman–Crippen MR) is 124 cm³/mol. The number of H-pyrrole nitrogens is 1. The zero-order valence-electron chi connectivity index (χ0n) is 19.4. The minimum Gasteiger partial charge on any atom is -0.376 e. The van der Waals surface area contributed by atoms with Gasteiger partial charge < -0.3 is 14.6 Å². The molecule has 1 saturated carbocycles. The van der Waals surface area contributed by atoms with E-state index in [1.54, 1.807) is 12.3 Å². The number of aromatic amines is 1. The first-order valence-corrected chi connectivity index (χ1v) is 12.2. The van der Waals surface area contributed by atoms with Gasteiger partial charge in [0.05, 0.1) is 37.6 Å². The van der Waals surface area contributed by atoms with E-state index in [-0.39, 0.29) is 23.2 Å². The molecule has 0 atom stereocenters. The Morgan fingerprint density at radius 1 is 1.18 bits per heavy atom. The molecule has 0 unspecified atom stereocenters. The van der Waals surface area contributed by atoms with Gasteiger partial charge in [0.25, 0.3) is 5.56 Å². The van der Waals surface area contributed by atoms with Crippen molar-refractivity contribution in [3.8, 4) is 0 Å². The van der Waals surface area contributed by atoms with E-state index >= 15 is 0 Å². The number of ketones is 1. The number of pyridine rings is 1. The Kier molecular flexibility index (Phi) is 6.82. The van der Waals surface area contributed by atoms with Crippen molar-refractivity contribution < 1.29 is 14.3 Å². The zero-order chi connectivity index (χ0) is 23.5. The summed E-state index contributed by atoms with van der Waals surface area (Å²) in [6.07, 6.45) is 6.00. The molecule has 1 saturated heterocycles. The highest BCUT2D eigenvalue weighted by atomic mass is 16.5. The lowest BCUT2D eigenvalue weighted by Gasteiger charge is -2.32. The van der Waals surface area contributed by atoms with Crippen molar-refractivity contribution in [2.45, 2.75) is 45.3 Å². The number of aromatic nitrogens is 3. The molecule has 0 spiro atoms. The second kappa shape index (κ2) is 10.1. The number of carbonyl (C=O) groups excluding carboxylic acids is 2. The SMILES string of the molecule is O=C(c1ccccn1)C1CCN(CC(=O)N(Cc2nc3c(c(=O)[nH]2)COCC3)CC2CC2)CC1. The largest absolute Gasteiger partial charge is 0.376 e. The highest BCUT2D eigenvalue weighted by Crippen LogP contribution is 2.30. The number of piperidine rings is 1. The van der Waals surface area contributed by atoms with Gasteiger partial charge in [0.15, 0.2) is 5.78 Å². The van der Waals surface area contributed by atoms with Gasteiger partial charge >= 0.3 is 0 Å². The predicted octanol–water partition coefficient (Wildman–Crippen LogP) is 1.57. The van der Waals surface area contributed by atoms with Gasteiger partial charge in [-0.1, -0.05) is 6.07 Å². The summed E-state index contributed by atoms with van der Waals surface area (Å²) in [6.45, 7) is 3.60. The zero-order valence-corrected chi connectivity index (χ0v) is 19.4. The molecular formula is C25H31N5O4. The highest BCUT2D eigenvalue weighted by molar-refractivity contribution is 5.96. The molecule has 1 aliphatic carbocycles. The van der Waals surface area contributed by atoms with Crippen LogP contribution in [0.5, 0.6) is 0 Å². The average Bonchev–Trinajstić information content (AvgIpc) is 3.68. The van der Waals surface area contributed by atoms with Crippen LogP contribution in [0, 0.1) is 11.8 Å². The Morgan fingerprint density at radius 2 is 2.00 bits per heavy atom. The van der Waals surface area contributed by atoms with Crippen LogP contribution in [0.25, 0.3) is 0 Å². The fourth-order valence-corrected chi connectivity index (χ4v) is 4.78. The van der Waals surface area contributed by atoms with Crippen molar-refractivity contribution in [2.75, 3.05) is 32.8 Å². The molecule has 34 heavy (non-hydrogen) atoms. The van der Waals surface area contributed by atoms with E-state index in [9.17, 15) is 14.4 Å². The van der Waals surface area contributed by atoms with Gasteiger partial charge in [-0.05, 0) is 56.8 Å². The normalized spacial score (nSPS) is 18.9. The van der Waals surface area contributed by atoms with E-state index in [1.807, 2.05) is 17.0 Å². The summed E-state index contributed by atoms with van der Waals surface area (Å²) in [6, 6.07) is 5.41. The lowest BCUT2D eigenvalue weighted by atomic mass is 9.90. The molecule has 0 bridgehead atoms. The van der Waals surface area contributed by atoms with Crippen LogP contribution in [0.1, 0.15) is 53.3 Å². The molecule has 1 amide bonds. The number of ether oxygens (including phenoxy) is 1. The smallest absolute Gasteiger partial charge is 0.256 e. The molecule has 9 nitrogen and oxygen atoms in total.